The van der Waals surface area contributed by atoms with Gasteiger partial charge in [-0.2, -0.15) is 0 Å². The number of allylic oxidation sites excluding steroid dienone is 1. The van der Waals surface area contributed by atoms with Crippen molar-refractivity contribution in [2.75, 3.05) is 7.11 Å². The molecule has 38 heavy (non-hydrogen) atoms. The number of para-hydroxylation sites is 2. The molecule has 0 aliphatic rings. The van der Waals surface area contributed by atoms with Gasteiger partial charge >= 0.3 is 0 Å². The molecule has 0 saturated carbocycles. The maximum atomic E-state index is 10.8. The van der Waals surface area contributed by atoms with Gasteiger partial charge in [-0.25, -0.2) is 0 Å². The lowest BCUT2D eigenvalue weighted by molar-refractivity contribution is -0.107. The normalized spacial score (nSPS) is 13.6. The highest BCUT2D eigenvalue weighted by molar-refractivity contribution is 5.85. The molecule has 0 bridgehead atoms. The van der Waals surface area contributed by atoms with E-state index in [0.29, 0.717) is 18.2 Å². The molecule has 1 heterocycles. The molecule has 1 aromatic heterocycles. The number of carbonyl (C=O) groups is 1. The van der Waals surface area contributed by atoms with Gasteiger partial charge in [-0.05, 0) is 67.4 Å². The highest BCUT2D eigenvalue weighted by Gasteiger charge is 2.31. The lowest BCUT2D eigenvalue weighted by Gasteiger charge is -2.28. The van der Waals surface area contributed by atoms with E-state index in [-0.39, 0.29) is 11.8 Å². The first-order valence-electron chi connectivity index (χ1n) is 13.5. The van der Waals surface area contributed by atoms with Crippen molar-refractivity contribution >= 4 is 12.0 Å². The predicted octanol–water partition coefficient (Wildman–Crippen LogP) is 8.20. The first-order valence-corrected chi connectivity index (χ1v) is 13.5. The van der Waals surface area contributed by atoms with Crippen LogP contribution in [0, 0.1) is 11.8 Å². The molecule has 0 aliphatic carbocycles. The van der Waals surface area contributed by atoms with Gasteiger partial charge in [0.1, 0.15) is 23.5 Å². The lowest BCUT2D eigenvalue weighted by atomic mass is 9.76. The van der Waals surface area contributed by atoms with Crippen molar-refractivity contribution in [1.82, 2.24) is 5.16 Å². The van der Waals surface area contributed by atoms with Gasteiger partial charge < -0.3 is 18.8 Å². The number of aldehydes is 1. The maximum absolute atomic E-state index is 10.8. The second-order valence-electron chi connectivity index (χ2n) is 9.82. The van der Waals surface area contributed by atoms with Crippen molar-refractivity contribution in [2.24, 2.45) is 16.8 Å². The Morgan fingerprint density at radius 2 is 1.82 bits per heavy atom. The standard InChI is InChI=1S/C32H40N2O4/c1-24(2)32(30-23-31(36-4)34-38-30)28(19-9-6-14-22-35)25(3)33-21-13-12-16-26-15-10-11-20-29(26)37-27-17-7-5-8-18-27/h5,7-8,10-11,13,15,17-18,20-24,28,32H,6,9,12,14,16,19H2,1-4H3/b21-13-,33-25?. The lowest BCUT2D eigenvalue weighted by Crippen LogP contribution is -2.24. The van der Waals surface area contributed by atoms with Crippen molar-refractivity contribution in [3.63, 3.8) is 0 Å². The fraction of sp³-hybridized carbons (Fsp3) is 0.406. The third kappa shape index (κ3) is 8.72. The largest absolute Gasteiger partial charge is 0.479 e. The monoisotopic (exact) mass is 516 g/mol. The third-order valence-corrected chi connectivity index (χ3v) is 6.73. The Morgan fingerprint density at radius 3 is 2.53 bits per heavy atom. The second-order valence-corrected chi connectivity index (χ2v) is 9.82. The summed E-state index contributed by atoms with van der Waals surface area (Å²) < 4.78 is 17.0. The number of hydrogen-bond acceptors (Lipinski definition) is 6. The van der Waals surface area contributed by atoms with Crippen LogP contribution < -0.4 is 9.47 Å². The summed E-state index contributed by atoms with van der Waals surface area (Å²) in [6.45, 7) is 6.47. The van der Waals surface area contributed by atoms with Crippen LogP contribution in [-0.4, -0.2) is 24.3 Å². The van der Waals surface area contributed by atoms with Crippen LogP contribution in [0.2, 0.25) is 0 Å². The maximum Gasteiger partial charge on any atom is 0.254 e. The van der Waals surface area contributed by atoms with E-state index in [2.05, 4.69) is 38.1 Å². The summed E-state index contributed by atoms with van der Waals surface area (Å²) in [7, 11) is 1.59. The first-order chi connectivity index (χ1) is 18.5. The van der Waals surface area contributed by atoms with Crippen LogP contribution in [0.15, 0.2) is 82.5 Å². The van der Waals surface area contributed by atoms with Crippen molar-refractivity contribution in [2.45, 2.75) is 65.2 Å². The summed E-state index contributed by atoms with van der Waals surface area (Å²) in [5.74, 6) is 3.61. The number of aliphatic imine (C=N–C) groups is 1. The Balaban J connectivity index is 1.69. The Bertz CT molecular complexity index is 1170. The van der Waals surface area contributed by atoms with Crippen LogP contribution in [0.1, 0.15) is 70.1 Å². The average molecular weight is 517 g/mol. The van der Waals surface area contributed by atoms with Crippen molar-refractivity contribution in [1.29, 1.82) is 0 Å². The summed E-state index contributed by atoms with van der Waals surface area (Å²) in [4.78, 5) is 15.7. The number of unbranched alkanes of at least 4 members (excludes halogenated alkanes) is 2. The van der Waals surface area contributed by atoms with Gasteiger partial charge in [0, 0.05) is 36.2 Å². The van der Waals surface area contributed by atoms with E-state index in [4.69, 9.17) is 19.0 Å². The molecule has 0 radical (unpaired) electrons. The molecule has 3 aromatic rings. The number of rotatable bonds is 16. The zero-order valence-corrected chi connectivity index (χ0v) is 23.0. The quantitative estimate of drug-likeness (QED) is 0.109. The Kier molecular flexibility index (Phi) is 11.8. The number of carbonyl (C=O) groups excluding carboxylic acids is 1. The molecule has 2 unspecified atom stereocenters. The fourth-order valence-corrected chi connectivity index (χ4v) is 4.76. The SMILES string of the molecule is COc1cc(C(C(C)C)C(CCCCC=O)C(C)=N/C=C\CCc2ccccc2Oc2ccccc2)on1. The molecule has 6 nitrogen and oxygen atoms in total. The van der Waals surface area contributed by atoms with Gasteiger partial charge in [-0.3, -0.25) is 4.99 Å². The molecule has 2 aromatic carbocycles. The molecule has 6 heteroatoms. The summed E-state index contributed by atoms with van der Waals surface area (Å²) in [6, 6.07) is 19.9. The van der Waals surface area contributed by atoms with Crippen LogP contribution >= 0.6 is 0 Å². The predicted molar refractivity (Wildman–Crippen MR) is 152 cm³/mol. The number of nitrogens with zero attached hydrogens (tertiary/aromatic N) is 2. The number of hydrogen-bond donors (Lipinski definition) is 0. The third-order valence-electron chi connectivity index (χ3n) is 6.73. The summed E-state index contributed by atoms with van der Waals surface area (Å²) in [5, 5.41) is 4.03. The molecule has 202 valence electrons. The number of aryl methyl sites for hydroxylation is 1. The molecule has 2 atom stereocenters. The Labute approximate surface area is 226 Å². The molecule has 0 amide bonds. The summed E-state index contributed by atoms with van der Waals surface area (Å²) in [5.41, 5.74) is 2.21. The number of methoxy groups -OCH3 is 1. The number of benzene rings is 2. The van der Waals surface area contributed by atoms with Gasteiger partial charge in [0.15, 0.2) is 0 Å². The van der Waals surface area contributed by atoms with E-state index in [9.17, 15) is 4.79 Å². The number of ether oxygens (including phenoxy) is 2. The van der Waals surface area contributed by atoms with Gasteiger partial charge in [0.2, 0.25) is 0 Å². The molecular formula is C32H40N2O4. The molecular weight excluding hydrogens is 476 g/mol. The van der Waals surface area contributed by atoms with Crippen molar-refractivity contribution in [3.05, 3.63) is 84.3 Å². The van der Waals surface area contributed by atoms with Gasteiger partial charge in [-0.15, -0.1) is 0 Å². The summed E-state index contributed by atoms with van der Waals surface area (Å²) >= 11 is 0. The van der Waals surface area contributed by atoms with E-state index in [1.807, 2.05) is 60.8 Å². The highest BCUT2D eigenvalue weighted by atomic mass is 16.5. The topological polar surface area (TPSA) is 73.9 Å². The van der Waals surface area contributed by atoms with E-state index in [1.165, 1.54) is 0 Å². The van der Waals surface area contributed by atoms with E-state index in [1.54, 1.807) is 7.11 Å². The van der Waals surface area contributed by atoms with Gasteiger partial charge in [0.25, 0.3) is 5.88 Å². The van der Waals surface area contributed by atoms with Crippen molar-refractivity contribution < 1.29 is 18.8 Å². The summed E-state index contributed by atoms with van der Waals surface area (Å²) in [6.07, 6.45) is 10.0. The number of aromatic nitrogens is 1. The minimum absolute atomic E-state index is 0.113. The average Bonchev–Trinajstić information content (AvgIpc) is 3.40. The molecule has 0 spiro atoms. The van der Waals surface area contributed by atoms with Crippen LogP contribution in [-0.2, 0) is 11.2 Å². The minimum atomic E-state index is 0.113. The van der Waals surface area contributed by atoms with Gasteiger partial charge in [0.05, 0.1) is 7.11 Å². The molecule has 0 fully saturated rings. The van der Waals surface area contributed by atoms with E-state index >= 15 is 0 Å². The smallest absolute Gasteiger partial charge is 0.254 e. The second kappa shape index (κ2) is 15.6. The van der Waals surface area contributed by atoms with Crippen LogP contribution in [0.3, 0.4) is 0 Å². The van der Waals surface area contributed by atoms with Crippen LogP contribution in [0.25, 0.3) is 0 Å². The van der Waals surface area contributed by atoms with Crippen LogP contribution in [0.5, 0.6) is 17.4 Å². The zero-order valence-electron chi connectivity index (χ0n) is 23.0. The first kappa shape index (κ1) is 28.9. The molecule has 0 aliphatic heterocycles. The zero-order chi connectivity index (χ0) is 27.2. The fourth-order valence-electron chi connectivity index (χ4n) is 4.76. The van der Waals surface area contributed by atoms with Crippen LogP contribution in [0.4, 0.5) is 0 Å². The molecule has 3 rings (SSSR count). The highest BCUT2D eigenvalue weighted by Crippen LogP contribution is 2.37. The Morgan fingerprint density at radius 1 is 1.05 bits per heavy atom. The van der Waals surface area contributed by atoms with E-state index < -0.39 is 0 Å². The van der Waals surface area contributed by atoms with Gasteiger partial charge in [-0.1, -0.05) is 62.7 Å². The minimum Gasteiger partial charge on any atom is -0.479 e. The Hall–Kier alpha value is -3.67. The van der Waals surface area contributed by atoms with E-state index in [0.717, 1.165) is 66.9 Å². The molecule has 0 saturated heterocycles. The van der Waals surface area contributed by atoms with Crippen molar-refractivity contribution in [3.8, 4) is 17.4 Å². The molecule has 0 N–H and O–H groups in total.